The van der Waals surface area contributed by atoms with Gasteiger partial charge in [-0.25, -0.2) is 0 Å². The monoisotopic (exact) mass is 381 g/mol. The molecule has 2 heterocycles. The average Bonchev–Trinajstić information content (AvgIpc) is 2.92. The molecule has 2 aliphatic heterocycles. The molecule has 4 rings (SSSR count). The molecule has 6 heteroatoms. The summed E-state index contributed by atoms with van der Waals surface area (Å²) in [5, 5.41) is 5.75. The summed E-state index contributed by atoms with van der Waals surface area (Å²) in [5.74, 6) is -0.197. The van der Waals surface area contributed by atoms with Crippen LogP contribution in [0.5, 0.6) is 0 Å². The van der Waals surface area contributed by atoms with Gasteiger partial charge in [-0.15, -0.1) is 0 Å². The van der Waals surface area contributed by atoms with Gasteiger partial charge >= 0.3 is 0 Å². The van der Waals surface area contributed by atoms with Crippen LogP contribution in [0.15, 0.2) is 58.3 Å². The molecule has 1 saturated heterocycles. The van der Waals surface area contributed by atoms with Gasteiger partial charge in [0.2, 0.25) is 11.8 Å². The van der Waals surface area contributed by atoms with Crippen LogP contribution in [-0.2, 0) is 9.59 Å². The van der Waals surface area contributed by atoms with Gasteiger partial charge in [-0.2, -0.15) is 0 Å². The lowest BCUT2D eigenvalue weighted by molar-refractivity contribution is -0.128. The number of carbonyl (C=O) groups is 2. The number of nitrogens with one attached hydrogen (secondary N) is 2. The maximum Gasteiger partial charge on any atom is 0.243 e. The number of hydrogen-bond donors (Lipinski definition) is 2. The summed E-state index contributed by atoms with van der Waals surface area (Å²) in [4.78, 5) is 29.2. The summed E-state index contributed by atoms with van der Waals surface area (Å²) < 4.78 is 0. The largest absolute Gasteiger partial charge is 0.354 e. The third-order valence-corrected chi connectivity index (χ3v) is 6.29. The zero-order valence-corrected chi connectivity index (χ0v) is 16.3. The first-order chi connectivity index (χ1) is 13.0. The molecule has 140 valence electrons. The van der Waals surface area contributed by atoms with Crippen molar-refractivity contribution in [3.05, 3.63) is 48.5 Å². The Hall–Kier alpha value is -2.47. The lowest BCUT2D eigenvalue weighted by Crippen LogP contribution is -2.47. The van der Waals surface area contributed by atoms with Crippen molar-refractivity contribution in [2.75, 3.05) is 18.0 Å². The minimum atomic E-state index is -0.471. The van der Waals surface area contributed by atoms with Crippen molar-refractivity contribution < 1.29 is 9.59 Å². The van der Waals surface area contributed by atoms with Gasteiger partial charge in [-0.05, 0) is 24.3 Å². The number of para-hydroxylation sites is 2. The molecule has 0 spiro atoms. The fraction of sp³-hybridized carbons (Fsp3) is 0.333. The lowest BCUT2D eigenvalue weighted by Gasteiger charge is -2.33. The quantitative estimate of drug-likeness (QED) is 0.853. The van der Waals surface area contributed by atoms with E-state index in [4.69, 9.17) is 0 Å². The van der Waals surface area contributed by atoms with Crippen molar-refractivity contribution in [2.45, 2.75) is 36.1 Å². The van der Waals surface area contributed by atoms with Gasteiger partial charge in [0.15, 0.2) is 0 Å². The SMILES string of the molecule is CC1(C)CNC(=O)C1NC(=O)CCN1c2ccccc2Sc2ccccc21. The molecule has 2 aromatic carbocycles. The highest BCUT2D eigenvalue weighted by Gasteiger charge is 2.42. The first-order valence-corrected chi connectivity index (χ1v) is 9.98. The number of nitrogens with zero attached hydrogens (tertiary/aromatic N) is 1. The number of fused-ring (bicyclic) bond motifs is 2. The molecule has 0 bridgehead atoms. The maximum absolute atomic E-state index is 12.6. The second kappa shape index (κ2) is 6.93. The number of hydrogen-bond acceptors (Lipinski definition) is 4. The van der Waals surface area contributed by atoms with Crippen LogP contribution in [0.4, 0.5) is 11.4 Å². The summed E-state index contributed by atoms with van der Waals surface area (Å²) in [6.07, 6.45) is 0.327. The van der Waals surface area contributed by atoms with E-state index in [1.165, 1.54) is 9.79 Å². The standard InChI is InChI=1S/C21H23N3O2S/c1-21(2)13-22-20(26)19(21)23-18(25)11-12-24-14-7-3-5-9-16(14)27-17-10-6-4-8-15(17)24/h3-10,19H,11-13H2,1-2H3,(H,22,26)(H,23,25). The van der Waals surface area contributed by atoms with Gasteiger partial charge in [0, 0.05) is 34.7 Å². The number of amides is 2. The van der Waals surface area contributed by atoms with Gasteiger partial charge in [0.25, 0.3) is 0 Å². The molecule has 0 saturated carbocycles. The van der Waals surface area contributed by atoms with Crippen LogP contribution in [0, 0.1) is 5.41 Å². The van der Waals surface area contributed by atoms with Crippen molar-refractivity contribution in [2.24, 2.45) is 5.41 Å². The van der Waals surface area contributed by atoms with E-state index < -0.39 is 6.04 Å². The van der Waals surface area contributed by atoms with Crippen LogP contribution in [0.25, 0.3) is 0 Å². The fourth-order valence-corrected chi connectivity index (χ4v) is 4.70. The van der Waals surface area contributed by atoms with E-state index in [2.05, 4.69) is 39.8 Å². The molecule has 1 fully saturated rings. The third-order valence-electron chi connectivity index (χ3n) is 5.16. The Morgan fingerprint density at radius 3 is 2.30 bits per heavy atom. The smallest absolute Gasteiger partial charge is 0.243 e. The second-order valence-corrected chi connectivity index (χ2v) is 8.73. The molecule has 27 heavy (non-hydrogen) atoms. The first-order valence-electron chi connectivity index (χ1n) is 9.16. The average molecular weight is 382 g/mol. The molecule has 0 radical (unpaired) electrons. The van der Waals surface area contributed by atoms with Crippen LogP contribution in [0.3, 0.4) is 0 Å². The highest BCUT2D eigenvalue weighted by molar-refractivity contribution is 7.99. The molecule has 2 aliphatic rings. The number of benzene rings is 2. The molecule has 0 aromatic heterocycles. The van der Waals surface area contributed by atoms with E-state index in [0.717, 1.165) is 11.4 Å². The summed E-state index contributed by atoms with van der Waals surface area (Å²) >= 11 is 1.75. The normalized spacial score (nSPS) is 19.9. The molecular formula is C21H23N3O2S. The van der Waals surface area contributed by atoms with Crippen LogP contribution >= 0.6 is 11.8 Å². The van der Waals surface area contributed by atoms with E-state index in [9.17, 15) is 9.59 Å². The Bertz CT molecular complexity index is 851. The van der Waals surface area contributed by atoms with Crippen LogP contribution in [-0.4, -0.2) is 30.9 Å². The van der Waals surface area contributed by atoms with Crippen LogP contribution in [0.2, 0.25) is 0 Å². The molecular weight excluding hydrogens is 358 g/mol. The van der Waals surface area contributed by atoms with Gasteiger partial charge < -0.3 is 15.5 Å². The molecule has 0 aliphatic carbocycles. The topological polar surface area (TPSA) is 61.4 Å². The molecule has 1 atom stereocenters. The second-order valence-electron chi connectivity index (χ2n) is 7.65. The minimum Gasteiger partial charge on any atom is -0.354 e. The van der Waals surface area contributed by atoms with E-state index in [0.29, 0.717) is 19.5 Å². The van der Waals surface area contributed by atoms with Gasteiger partial charge in [-0.3, -0.25) is 9.59 Å². The molecule has 2 amide bonds. The number of anilines is 2. The van der Waals surface area contributed by atoms with E-state index in [1.807, 2.05) is 38.1 Å². The predicted octanol–water partition coefficient (Wildman–Crippen LogP) is 3.32. The summed E-state index contributed by atoms with van der Waals surface area (Å²) in [6, 6.07) is 16.0. The molecule has 2 aromatic rings. The Labute approximate surface area is 163 Å². The predicted molar refractivity (Wildman–Crippen MR) is 107 cm³/mol. The fourth-order valence-electron chi connectivity index (χ4n) is 3.60. The van der Waals surface area contributed by atoms with Crippen molar-refractivity contribution in [3.8, 4) is 0 Å². The molecule has 5 nitrogen and oxygen atoms in total. The van der Waals surface area contributed by atoms with E-state index in [-0.39, 0.29) is 17.2 Å². The number of rotatable bonds is 4. The highest BCUT2D eigenvalue weighted by atomic mass is 32.2. The highest BCUT2D eigenvalue weighted by Crippen LogP contribution is 2.47. The lowest BCUT2D eigenvalue weighted by atomic mass is 9.87. The molecule has 1 unspecified atom stereocenters. The van der Waals surface area contributed by atoms with Gasteiger partial charge in [0.1, 0.15) is 6.04 Å². The minimum absolute atomic E-state index is 0.0987. The summed E-state index contributed by atoms with van der Waals surface area (Å²) in [6.45, 7) is 5.13. The zero-order valence-electron chi connectivity index (χ0n) is 15.5. The van der Waals surface area contributed by atoms with Crippen LogP contribution < -0.4 is 15.5 Å². The Morgan fingerprint density at radius 1 is 1.15 bits per heavy atom. The summed E-state index contributed by atoms with van der Waals surface area (Å²) in [5.41, 5.74) is 1.97. The Balaban J connectivity index is 1.50. The Kier molecular flexibility index (Phi) is 4.60. The molecule has 2 N–H and O–H groups in total. The van der Waals surface area contributed by atoms with Crippen molar-refractivity contribution in [1.82, 2.24) is 10.6 Å². The third kappa shape index (κ3) is 3.41. The Morgan fingerprint density at radius 2 is 1.74 bits per heavy atom. The van der Waals surface area contributed by atoms with Gasteiger partial charge in [-0.1, -0.05) is 49.9 Å². The van der Waals surface area contributed by atoms with Crippen molar-refractivity contribution >= 4 is 35.0 Å². The van der Waals surface area contributed by atoms with Crippen molar-refractivity contribution in [1.29, 1.82) is 0 Å². The maximum atomic E-state index is 12.6. The zero-order chi connectivity index (χ0) is 19.0. The van der Waals surface area contributed by atoms with Crippen molar-refractivity contribution in [3.63, 3.8) is 0 Å². The van der Waals surface area contributed by atoms with E-state index >= 15 is 0 Å². The first kappa shape index (κ1) is 17.9. The summed E-state index contributed by atoms with van der Waals surface area (Å²) in [7, 11) is 0. The van der Waals surface area contributed by atoms with E-state index in [1.54, 1.807) is 11.8 Å². The van der Waals surface area contributed by atoms with Crippen LogP contribution in [0.1, 0.15) is 20.3 Å². The number of carbonyl (C=O) groups excluding carboxylic acids is 2. The van der Waals surface area contributed by atoms with Gasteiger partial charge in [0.05, 0.1) is 11.4 Å².